The Bertz CT molecular complexity index is 1070. The third-order valence-corrected chi connectivity index (χ3v) is 5.22. The van der Waals surface area contributed by atoms with Crippen molar-refractivity contribution in [1.82, 2.24) is 14.9 Å². The number of hydrogen-bond acceptors (Lipinski definition) is 6. The lowest BCUT2D eigenvalue weighted by Gasteiger charge is -2.33. The summed E-state index contributed by atoms with van der Waals surface area (Å²) < 4.78 is 26.0. The fraction of sp³-hybridized carbons (Fsp3) is 0.478. The number of carbonyl (C=O) groups is 1. The molecule has 1 aliphatic rings. The molecule has 170 valence electrons. The highest BCUT2D eigenvalue weighted by molar-refractivity contribution is 5.95. The van der Waals surface area contributed by atoms with Crippen LogP contribution in [-0.2, 0) is 23.3 Å². The molecule has 0 saturated carbocycles. The van der Waals surface area contributed by atoms with Crippen molar-refractivity contribution in [2.45, 2.75) is 58.2 Å². The average molecular weight is 442 g/mol. The van der Waals surface area contributed by atoms with Crippen LogP contribution in [0, 0.1) is 17.1 Å². The van der Waals surface area contributed by atoms with Crippen LogP contribution in [0.15, 0.2) is 29.1 Å². The number of unbranched alkanes of at least 4 members (excludes halogenated alkanes) is 1. The lowest BCUT2D eigenvalue weighted by molar-refractivity contribution is -0.0567. The molecule has 1 aromatic heterocycles. The minimum atomic E-state index is -0.902. The zero-order valence-electron chi connectivity index (χ0n) is 18.5. The first-order valence-electron chi connectivity index (χ1n) is 10.6. The van der Waals surface area contributed by atoms with Crippen molar-refractivity contribution in [3.8, 4) is 11.8 Å². The number of rotatable bonds is 8. The minimum absolute atomic E-state index is 0.129. The molecule has 1 unspecified atom stereocenters. The Balaban J connectivity index is 1.93. The van der Waals surface area contributed by atoms with E-state index in [1.807, 2.05) is 13.0 Å². The van der Waals surface area contributed by atoms with Crippen LogP contribution < -0.4 is 15.6 Å². The number of hydrogen-bond donors (Lipinski definition) is 1. The predicted octanol–water partition coefficient (Wildman–Crippen LogP) is 2.69. The monoisotopic (exact) mass is 442 g/mol. The average Bonchev–Trinajstić information content (AvgIpc) is 2.76. The molecular weight excluding hydrogens is 415 g/mol. The minimum Gasteiger partial charge on any atom is -0.486 e. The summed E-state index contributed by atoms with van der Waals surface area (Å²) in [7, 11) is 0. The second-order valence-corrected chi connectivity index (χ2v) is 8.12. The molecule has 8 nitrogen and oxygen atoms in total. The first-order valence-corrected chi connectivity index (χ1v) is 10.6. The van der Waals surface area contributed by atoms with Gasteiger partial charge in [0.05, 0.1) is 25.8 Å². The molecule has 2 aromatic rings. The van der Waals surface area contributed by atoms with Gasteiger partial charge in [0.25, 0.3) is 11.5 Å². The third-order valence-electron chi connectivity index (χ3n) is 5.22. The summed E-state index contributed by atoms with van der Waals surface area (Å²) in [6.07, 6.45) is 1.74. The number of fused-ring (bicyclic) bond motifs is 1. The van der Waals surface area contributed by atoms with Crippen molar-refractivity contribution >= 4 is 5.91 Å². The summed E-state index contributed by atoms with van der Waals surface area (Å²) in [6.45, 7) is 6.45. The number of aromatic nitrogens is 2. The predicted molar refractivity (Wildman–Crippen MR) is 115 cm³/mol. The fourth-order valence-electron chi connectivity index (χ4n) is 3.48. The highest BCUT2D eigenvalue weighted by Crippen LogP contribution is 2.27. The second-order valence-electron chi connectivity index (χ2n) is 8.12. The lowest BCUT2D eigenvalue weighted by atomic mass is 10.1. The summed E-state index contributed by atoms with van der Waals surface area (Å²) in [5.74, 6) is -0.875. The van der Waals surface area contributed by atoms with Gasteiger partial charge in [-0.2, -0.15) is 5.26 Å². The maximum Gasteiger partial charge on any atom is 0.296 e. The van der Waals surface area contributed by atoms with Gasteiger partial charge in [0.15, 0.2) is 5.69 Å². The van der Waals surface area contributed by atoms with E-state index in [0.717, 1.165) is 6.42 Å². The zero-order chi connectivity index (χ0) is 23.3. The van der Waals surface area contributed by atoms with Gasteiger partial charge >= 0.3 is 0 Å². The van der Waals surface area contributed by atoms with E-state index >= 15 is 0 Å². The zero-order valence-corrected chi connectivity index (χ0v) is 18.5. The van der Waals surface area contributed by atoms with E-state index in [9.17, 15) is 19.2 Å². The Morgan fingerprint density at radius 2 is 2.12 bits per heavy atom. The first kappa shape index (κ1) is 23.4. The Kier molecular flexibility index (Phi) is 7.26. The first-order chi connectivity index (χ1) is 15.3. The van der Waals surface area contributed by atoms with Gasteiger partial charge in [-0.1, -0.05) is 25.5 Å². The van der Waals surface area contributed by atoms with Crippen LogP contribution in [0.5, 0.6) is 5.75 Å². The molecule has 0 spiro atoms. The quantitative estimate of drug-likeness (QED) is 0.630. The fourth-order valence-corrected chi connectivity index (χ4v) is 3.48. The van der Waals surface area contributed by atoms with E-state index in [-0.39, 0.29) is 30.3 Å². The highest BCUT2D eigenvalue weighted by atomic mass is 19.1. The Morgan fingerprint density at radius 1 is 1.41 bits per heavy atom. The molecule has 0 saturated heterocycles. The number of nitriles is 1. The largest absolute Gasteiger partial charge is 0.486 e. The summed E-state index contributed by atoms with van der Waals surface area (Å²) in [5.41, 5.74) is -0.794. The van der Waals surface area contributed by atoms with Crippen molar-refractivity contribution in [2.24, 2.45) is 0 Å². The summed E-state index contributed by atoms with van der Waals surface area (Å²) >= 11 is 0. The van der Waals surface area contributed by atoms with Crippen molar-refractivity contribution in [3.63, 3.8) is 0 Å². The molecule has 1 N–H and O–H groups in total. The number of halogens is 1. The van der Waals surface area contributed by atoms with Crippen LogP contribution in [0.25, 0.3) is 0 Å². The van der Waals surface area contributed by atoms with Crippen LogP contribution in [0.1, 0.15) is 55.5 Å². The van der Waals surface area contributed by atoms with Gasteiger partial charge in [0.1, 0.15) is 23.3 Å². The Hall–Kier alpha value is -3.25. The molecule has 1 atom stereocenters. The van der Waals surface area contributed by atoms with Crippen molar-refractivity contribution in [1.29, 1.82) is 5.26 Å². The van der Waals surface area contributed by atoms with E-state index < -0.39 is 23.1 Å². The van der Waals surface area contributed by atoms with Gasteiger partial charge in [-0.05, 0) is 38.0 Å². The SMILES string of the molecule is CCCCOc1c(C(=O)NC(C#N)Cc2ccc(F)cc2)nc2n(c1=O)CCOC2(C)C. The molecule has 2 heterocycles. The van der Waals surface area contributed by atoms with Gasteiger partial charge in [-0.3, -0.25) is 14.2 Å². The number of carbonyl (C=O) groups excluding carboxylic acids is 1. The van der Waals surface area contributed by atoms with Crippen LogP contribution in [0.4, 0.5) is 4.39 Å². The molecule has 3 rings (SSSR count). The van der Waals surface area contributed by atoms with Crippen molar-refractivity contribution in [3.05, 3.63) is 57.5 Å². The third kappa shape index (κ3) is 5.14. The molecule has 0 bridgehead atoms. The van der Waals surface area contributed by atoms with E-state index in [1.165, 1.54) is 16.7 Å². The molecule has 1 amide bonds. The number of benzene rings is 1. The normalized spacial score (nSPS) is 15.3. The molecule has 0 radical (unpaired) electrons. The molecule has 1 aromatic carbocycles. The maximum absolute atomic E-state index is 13.2. The topological polar surface area (TPSA) is 106 Å². The molecule has 1 aliphatic heterocycles. The van der Waals surface area contributed by atoms with E-state index in [1.54, 1.807) is 26.0 Å². The molecule has 0 aliphatic carbocycles. The van der Waals surface area contributed by atoms with Crippen LogP contribution in [0.2, 0.25) is 0 Å². The van der Waals surface area contributed by atoms with Gasteiger partial charge in [0.2, 0.25) is 5.75 Å². The highest BCUT2D eigenvalue weighted by Gasteiger charge is 2.35. The van der Waals surface area contributed by atoms with Gasteiger partial charge in [0, 0.05) is 6.42 Å². The summed E-state index contributed by atoms with van der Waals surface area (Å²) in [6, 6.07) is 6.81. The molecular formula is C23H27FN4O4. The number of nitrogens with one attached hydrogen (secondary N) is 1. The maximum atomic E-state index is 13.2. The lowest BCUT2D eigenvalue weighted by Crippen LogP contribution is -2.44. The molecule has 0 fully saturated rings. The van der Waals surface area contributed by atoms with Gasteiger partial charge in [-0.25, -0.2) is 9.37 Å². The number of nitrogens with zero attached hydrogens (tertiary/aromatic N) is 3. The summed E-state index contributed by atoms with van der Waals surface area (Å²) in [4.78, 5) is 30.7. The van der Waals surface area contributed by atoms with Gasteiger partial charge < -0.3 is 14.8 Å². The standard InChI is InChI=1S/C23H27FN4O4/c1-4-5-11-31-19-18(27-22-23(2,3)32-12-10-28(22)21(19)30)20(29)26-17(14-25)13-15-6-8-16(24)9-7-15/h6-9,17H,4-5,10-13H2,1-3H3,(H,26,29). The van der Waals surface area contributed by atoms with Crippen molar-refractivity contribution in [2.75, 3.05) is 13.2 Å². The molecule has 32 heavy (non-hydrogen) atoms. The van der Waals surface area contributed by atoms with E-state index in [2.05, 4.69) is 10.3 Å². The summed E-state index contributed by atoms with van der Waals surface area (Å²) in [5, 5.41) is 12.1. The number of ether oxygens (including phenoxy) is 2. The molecule has 9 heteroatoms. The van der Waals surface area contributed by atoms with Crippen molar-refractivity contribution < 1.29 is 18.7 Å². The number of amides is 1. The van der Waals surface area contributed by atoms with Crippen LogP contribution >= 0.6 is 0 Å². The smallest absolute Gasteiger partial charge is 0.296 e. The van der Waals surface area contributed by atoms with Crippen LogP contribution in [0.3, 0.4) is 0 Å². The van der Waals surface area contributed by atoms with E-state index in [4.69, 9.17) is 9.47 Å². The van der Waals surface area contributed by atoms with Gasteiger partial charge in [-0.15, -0.1) is 0 Å². The van der Waals surface area contributed by atoms with Crippen LogP contribution in [-0.4, -0.2) is 34.7 Å². The second kappa shape index (κ2) is 9.92. The Morgan fingerprint density at radius 3 is 2.78 bits per heavy atom. The Labute approximate surface area is 186 Å². The van der Waals surface area contributed by atoms with E-state index in [0.29, 0.717) is 31.0 Å².